The van der Waals surface area contributed by atoms with Crippen LogP contribution in [0.2, 0.25) is 0 Å². The van der Waals surface area contributed by atoms with Crippen LogP contribution in [-0.4, -0.2) is 38.6 Å². The minimum absolute atomic E-state index is 0.176. The first-order chi connectivity index (χ1) is 10.6. The minimum atomic E-state index is 0.176. The second-order valence-corrected chi connectivity index (χ2v) is 6.03. The molecule has 0 unspecified atom stereocenters. The Morgan fingerprint density at radius 1 is 1.45 bits per heavy atom. The number of rotatable bonds is 4. The van der Waals surface area contributed by atoms with Crippen molar-refractivity contribution in [2.24, 2.45) is 0 Å². The molecule has 22 heavy (non-hydrogen) atoms. The van der Waals surface area contributed by atoms with E-state index in [0.29, 0.717) is 18.9 Å². The van der Waals surface area contributed by atoms with Crippen LogP contribution < -0.4 is 0 Å². The summed E-state index contributed by atoms with van der Waals surface area (Å²) in [6.07, 6.45) is 6.52. The lowest BCUT2D eigenvalue weighted by Crippen LogP contribution is -2.40. The van der Waals surface area contributed by atoms with Crippen molar-refractivity contribution in [1.82, 2.24) is 19.6 Å². The Morgan fingerprint density at radius 3 is 2.91 bits per heavy atom. The topological polar surface area (TPSA) is 64.2 Å². The van der Waals surface area contributed by atoms with E-state index in [1.54, 1.807) is 6.92 Å². The molecule has 1 saturated heterocycles. The molecule has 3 heterocycles. The Bertz CT molecular complexity index is 620. The van der Waals surface area contributed by atoms with Crippen LogP contribution in [0.3, 0.4) is 0 Å². The SMILES string of the molecule is Cc1nc([C@@H]2CCCN(C(=O)C[C@H](C)n3cccc3)C2)no1. The molecule has 2 aromatic heterocycles. The number of piperidine rings is 1. The lowest BCUT2D eigenvalue weighted by atomic mass is 9.97. The monoisotopic (exact) mass is 302 g/mol. The number of aromatic nitrogens is 3. The summed E-state index contributed by atoms with van der Waals surface area (Å²) in [6, 6.07) is 4.14. The van der Waals surface area contributed by atoms with Gasteiger partial charge >= 0.3 is 0 Å². The molecule has 6 nitrogen and oxygen atoms in total. The van der Waals surface area contributed by atoms with Gasteiger partial charge in [-0.3, -0.25) is 4.79 Å². The fourth-order valence-corrected chi connectivity index (χ4v) is 3.02. The van der Waals surface area contributed by atoms with Crippen molar-refractivity contribution in [3.05, 3.63) is 36.2 Å². The fourth-order valence-electron chi connectivity index (χ4n) is 3.02. The van der Waals surface area contributed by atoms with Gasteiger partial charge in [-0.25, -0.2) is 0 Å². The zero-order valence-electron chi connectivity index (χ0n) is 13.1. The number of nitrogens with zero attached hydrogens (tertiary/aromatic N) is 4. The third-order valence-electron chi connectivity index (χ3n) is 4.29. The van der Waals surface area contributed by atoms with E-state index in [9.17, 15) is 4.79 Å². The highest BCUT2D eigenvalue weighted by atomic mass is 16.5. The van der Waals surface area contributed by atoms with Crippen molar-refractivity contribution in [2.75, 3.05) is 13.1 Å². The van der Waals surface area contributed by atoms with Crippen molar-refractivity contribution in [3.8, 4) is 0 Å². The third kappa shape index (κ3) is 3.21. The first kappa shape index (κ1) is 14.8. The Balaban J connectivity index is 1.60. The highest BCUT2D eigenvalue weighted by Gasteiger charge is 2.28. The molecule has 1 aliphatic heterocycles. The zero-order valence-corrected chi connectivity index (χ0v) is 13.1. The van der Waals surface area contributed by atoms with E-state index in [-0.39, 0.29) is 17.9 Å². The summed E-state index contributed by atoms with van der Waals surface area (Å²) in [6.45, 7) is 5.38. The smallest absolute Gasteiger partial charge is 0.224 e. The fraction of sp³-hybridized carbons (Fsp3) is 0.562. The lowest BCUT2D eigenvalue weighted by Gasteiger charge is -2.32. The summed E-state index contributed by atoms with van der Waals surface area (Å²) in [4.78, 5) is 18.8. The van der Waals surface area contributed by atoms with Gasteiger partial charge in [0.15, 0.2) is 5.82 Å². The second kappa shape index (κ2) is 6.34. The van der Waals surface area contributed by atoms with Gasteiger partial charge in [0, 0.05) is 50.8 Å². The van der Waals surface area contributed by atoms with Crippen molar-refractivity contribution >= 4 is 5.91 Å². The van der Waals surface area contributed by atoms with Gasteiger partial charge in [-0.2, -0.15) is 4.98 Å². The van der Waals surface area contributed by atoms with E-state index in [1.165, 1.54) is 0 Å². The highest BCUT2D eigenvalue weighted by molar-refractivity contribution is 5.76. The van der Waals surface area contributed by atoms with E-state index in [0.717, 1.165) is 25.2 Å². The minimum Gasteiger partial charge on any atom is -0.351 e. The number of aryl methyl sites for hydroxylation is 1. The number of likely N-dealkylation sites (tertiary alicyclic amines) is 1. The third-order valence-corrected chi connectivity index (χ3v) is 4.29. The first-order valence-corrected chi connectivity index (χ1v) is 7.84. The normalized spacial score (nSPS) is 20.1. The van der Waals surface area contributed by atoms with E-state index in [1.807, 2.05) is 29.4 Å². The molecule has 0 aliphatic carbocycles. The Kier molecular flexibility index (Phi) is 4.27. The molecule has 0 spiro atoms. The van der Waals surface area contributed by atoms with Crippen LogP contribution in [0.25, 0.3) is 0 Å². The maximum atomic E-state index is 12.5. The summed E-state index contributed by atoms with van der Waals surface area (Å²) in [5.41, 5.74) is 0. The molecular formula is C16H22N4O2. The van der Waals surface area contributed by atoms with Crippen molar-refractivity contribution in [3.63, 3.8) is 0 Å². The van der Waals surface area contributed by atoms with Gasteiger partial charge in [0.2, 0.25) is 11.8 Å². The second-order valence-electron chi connectivity index (χ2n) is 6.03. The predicted molar refractivity (Wildman–Crippen MR) is 81.4 cm³/mol. The number of carbonyl (C=O) groups is 1. The van der Waals surface area contributed by atoms with Crippen LogP contribution in [0.1, 0.15) is 49.9 Å². The lowest BCUT2D eigenvalue weighted by molar-refractivity contribution is -0.133. The standard InChI is InChI=1S/C16H22N4O2/c1-12(19-7-3-4-8-19)10-15(21)20-9-5-6-14(11-20)16-17-13(2)22-18-16/h3-4,7-8,12,14H,5-6,9-11H2,1-2H3/t12-,14+/m0/s1. The maximum absolute atomic E-state index is 12.5. The van der Waals surface area contributed by atoms with Crippen LogP contribution in [0.15, 0.2) is 29.0 Å². The summed E-state index contributed by atoms with van der Waals surface area (Å²) < 4.78 is 7.13. The molecular weight excluding hydrogens is 280 g/mol. The van der Waals surface area contributed by atoms with Gasteiger partial charge in [-0.15, -0.1) is 0 Å². The Labute approximate surface area is 130 Å². The zero-order chi connectivity index (χ0) is 15.5. The first-order valence-electron chi connectivity index (χ1n) is 7.84. The summed E-state index contributed by atoms with van der Waals surface area (Å²) in [5, 5.41) is 4.01. The van der Waals surface area contributed by atoms with Gasteiger partial charge < -0.3 is 14.0 Å². The largest absolute Gasteiger partial charge is 0.351 e. The Morgan fingerprint density at radius 2 is 2.23 bits per heavy atom. The maximum Gasteiger partial charge on any atom is 0.224 e. The van der Waals surface area contributed by atoms with Gasteiger partial charge in [-0.05, 0) is 31.9 Å². The molecule has 1 amide bonds. The molecule has 0 radical (unpaired) electrons. The number of hydrogen-bond donors (Lipinski definition) is 0. The molecule has 0 N–H and O–H groups in total. The predicted octanol–water partition coefficient (Wildman–Crippen LogP) is 2.54. The molecule has 1 fully saturated rings. The van der Waals surface area contributed by atoms with Gasteiger partial charge in [0.05, 0.1) is 0 Å². The van der Waals surface area contributed by atoms with Crippen molar-refractivity contribution in [1.29, 1.82) is 0 Å². The molecule has 3 rings (SSSR count). The highest BCUT2D eigenvalue weighted by Crippen LogP contribution is 2.26. The summed E-state index contributed by atoms with van der Waals surface area (Å²) in [5.74, 6) is 1.70. The van der Waals surface area contributed by atoms with Crippen molar-refractivity contribution < 1.29 is 9.32 Å². The quantitative estimate of drug-likeness (QED) is 0.870. The van der Waals surface area contributed by atoms with E-state index >= 15 is 0 Å². The summed E-state index contributed by atoms with van der Waals surface area (Å²) >= 11 is 0. The van der Waals surface area contributed by atoms with Crippen LogP contribution in [-0.2, 0) is 4.79 Å². The van der Waals surface area contributed by atoms with Crippen molar-refractivity contribution in [2.45, 2.75) is 45.1 Å². The molecule has 6 heteroatoms. The van der Waals surface area contributed by atoms with E-state index in [4.69, 9.17) is 4.52 Å². The molecule has 2 atom stereocenters. The summed E-state index contributed by atoms with van der Waals surface area (Å²) in [7, 11) is 0. The van der Waals surface area contributed by atoms with Gasteiger partial charge in [0.1, 0.15) is 0 Å². The van der Waals surface area contributed by atoms with E-state index in [2.05, 4.69) is 21.6 Å². The van der Waals surface area contributed by atoms with Crippen LogP contribution >= 0.6 is 0 Å². The van der Waals surface area contributed by atoms with Gasteiger partial charge in [0.25, 0.3) is 0 Å². The number of carbonyl (C=O) groups excluding carboxylic acids is 1. The molecule has 0 bridgehead atoms. The Hall–Kier alpha value is -2.11. The molecule has 1 aliphatic rings. The average molecular weight is 302 g/mol. The molecule has 0 saturated carbocycles. The van der Waals surface area contributed by atoms with Crippen LogP contribution in [0.4, 0.5) is 0 Å². The van der Waals surface area contributed by atoms with E-state index < -0.39 is 0 Å². The molecule has 0 aromatic carbocycles. The average Bonchev–Trinajstić information content (AvgIpc) is 3.18. The number of amides is 1. The molecule has 118 valence electrons. The van der Waals surface area contributed by atoms with Crippen LogP contribution in [0.5, 0.6) is 0 Å². The van der Waals surface area contributed by atoms with Crippen LogP contribution in [0, 0.1) is 6.92 Å². The molecule has 2 aromatic rings. The van der Waals surface area contributed by atoms with Gasteiger partial charge in [-0.1, -0.05) is 5.16 Å². The number of hydrogen-bond acceptors (Lipinski definition) is 4.